The lowest BCUT2D eigenvalue weighted by Gasteiger charge is -2.09. The molecule has 0 spiro atoms. The number of hydrogen-bond donors (Lipinski definition) is 1. The molecule has 1 heterocycles. The topological polar surface area (TPSA) is 61.3 Å². The highest BCUT2D eigenvalue weighted by Crippen LogP contribution is 2.22. The van der Waals surface area contributed by atoms with Gasteiger partial charge in [0, 0.05) is 6.08 Å². The third kappa shape index (κ3) is 3.11. The number of oxazole rings is 1. The Kier molecular flexibility index (Phi) is 3.83. The molecular formula is C18H18N2O2. The molecule has 22 heavy (non-hydrogen) atoms. The SMILES string of the molecule is CC(C)Oc1cccc(/C=C\c2nc3c(N)cccc3o2)c1. The van der Waals surface area contributed by atoms with Gasteiger partial charge in [0.05, 0.1) is 11.8 Å². The zero-order valence-electron chi connectivity index (χ0n) is 12.6. The number of rotatable bonds is 4. The number of hydrogen-bond acceptors (Lipinski definition) is 4. The van der Waals surface area contributed by atoms with Crippen LogP contribution in [-0.4, -0.2) is 11.1 Å². The van der Waals surface area contributed by atoms with Crippen molar-refractivity contribution < 1.29 is 9.15 Å². The summed E-state index contributed by atoms with van der Waals surface area (Å²) in [5.41, 5.74) is 8.91. The molecule has 0 aliphatic carbocycles. The molecule has 4 nitrogen and oxygen atoms in total. The molecule has 0 fully saturated rings. The number of nitrogens with two attached hydrogens (primary N) is 1. The fourth-order valence-corrected chi connectivity index (χ4v) is 2.19. The number of para-hydroxylation sites is 1. The molecule has 0 unspecified atom stereocenters. The molecular weight excluding hydrogens is 276 g/mol. The molecule has 0 aliphatic heterocycles. The standard InChI is InChI=1S/C18H18N2O2/c1-12(2)21-14-6-3-5-13(11-14)9-10-17-20-18-15(19)7-4-8-16(18)22-17/h3-12H,19H2,1-2H3/b10-9-. The highest BCUT2D eigenvalue weighted by Gasteiger charge is 2.05. The minimum absolute atomic E-state index is 0.152. The summed E-state index contributed by atoms with van der Waals surface area (Å²) in [6.07, 6.45) is 3.92. The summed E-state index contributed by atoms with van der Waals surface area (Å²) in [5, 5.41) is 0. The molecule has 2 aromatic carbocycles. The number of aromatic nitrogens is 1. The fraction of sp³-hybridized carbons (Fsp3) is 0.167. The van der Waals surface area contributed by atoms with E-state index in [0.29, 0.717) is 22.7 Å². The van der Waals surface area contributed by atoms with E-state index >= 15 is 0 Å². The van der Waals surface area contributed by atoms with Crippen LogP contribution in [0.3, 0.4) is 0 Å². The zero-order valence-corrected chi connectivity index (χ0v) is 12.6. The molecule has 0 saturated heterocycles. The van der Waals surface area contributed by atoms with Crippen molar-refractivity contribution in [1.82, 2.24) is 4.98 Å². The number of nitrogens with zero attached hydrogens (tertiary/aromatic N) is 1. The molecule has 0 atom stereocenters. The van der Waals surface area contributed by atoms with Crippen LogP contribution in [0.15, 0.2) is 46.9 Å². The summed E-state index contributed by atoms with van der Waals surface area (Å²) in [6.45, 7) is 4.01. The predicted octanol–water partition coefficient (Wildman–Crippen LogP) is 4.37. The van der Waals surface area contributed by atoms with Gasteiger partial charge in [0.1, 0.15) is 11.3 Å². The molecule has 0 aliphatic rings. The van der Waals surface area contributed by atoms with Gasteiger partial charge in [0.25, 0.3) is 0 Å². The van der Waals surface area contributed by atoms with Crippen molar-refractivity contribution in [1.29, 1.82) is 0 Å². The Balaban J connectivity index is 1.85. The maximum atomic E-state index is 5.88. The number of ether oxygens (including phenoxy) is 1. The first-order valence-electron chi connectivity index (χ1n) is 7.21. The highest BCUT2D eigenvalue weighted by atomic mass is 16.5. The quantitative estimate of drug-likeness (QED) is 0.726. The normalized spacial score (nSPS) is 11.6. The average Bonchev–Trinajstić information content (AvgIpc) is 2.89. The van der Waals surface area contributed by atoms with E-state index in [4.69, 9.17) is 14.9 Å². The Morgan fingerprint density at radius 1 is 1.14 bits per heavy atom. The Morgan fingerprint density at radius 2 is 1.95 bits per heavy atom. The largest absolute Gasteiger partial charge is 0.491 e. The molecule has 3 aromatic rings. The monoisotopic (exact) mass is 294 g/mol. The lowest BCUT2D eigenvalue weighted by atomic mass is 10.2. The van der Waals surface area contributed by atoms with Crippen LogP contribution >= 0.6 is 0 Å². The van der Waals surface area contributed by atoms with E-state index in [1.807, 2.05) is 68.5 Å². The summed E-state index contributed by atoms with van der Waals surface area (Å²) < 4.78 is 11.3. The van der Waals surface area contributed by atoms with Crippen LogP contribution in [0.2, 0.25) is 0 Å². The maximum absolute atomic E-state index is 5.88. The molecule has 1 aromatic heterocycles. The summed E-state index contributed by atoms with van der Waals surface area (Å²) in [6, 6.07) is 13.4. The average molecular weight is 294 g/mol. The van der Waals surface area contributed by atoms with Crippen LogP contribution in [0.5, 0.6) is 5.75 Å². The van der Waals surface area contributed by atoms with Gasteiger partial charge in [-0.15, -0.1) is 0 Å². The van der Waals surface area contributed by atoms with Crippen LogP contribution in [0.1, 0.15) is 25.3 Å². The number of anilines is 1. The van der Waals surface area contributed by atoms with Crippen molar-refractivity contribution in [3.63, 3.8) is 0 Å². The second-order valence-electron chi connectivity index (χ2n) is 5.32. The summed E-state index contributed by atoms with van der Waals surface area (Å²) in [5.74, 6) is 1.38. The van der Waals surface area contributed by atoms with Crippen molar-refractivity contribution in [2.45, 2.75) is 20.0 Å². The Hall–Kier alpha value is -2.75. The van der Waals surface area contributed by atoms with E-state index in [9.17, 15) is 0 Å². The minimum Gasteiger partial charge on any atom is -0.491 e. The van der Waals surface area contributed by atoms with Crippen LogP contribution in [0, 0.1) is 0 Å². The third-order valence-electron chi connectivity index (χ3n) is 3.11. The van der Waals surface area contributed by atoms with Crippen LogP contribution in [0.25, 0.3) is 23.3 Å². The predicted molar refractivity (Wildman–Crippen MR) is 89.6 cm³/mol. The van der Waals surface area contributed by atoms with Gasteiger partial charge in [-0.05, 0) is 49.8 Å². The zero-order chi connectivity index (χ0) is 15.5. The second kappa shape index (κ2) is 5.93. The van der Waals surface area contributed by atoms with Crippen LogP contribution in [0.4, 0.5) is 5.69 Å². The Bertz CT molecular complexity index is 819. The number of nitrogen functional groups attached to an aromatic ring is 1. The Labute approximate surface area is 129 Å². The van der Waals surface area contributed by atoms with E-state index in [0.717, 1.165) is 11.3 Å². The van der Waals surface area contributed by atoms with Gasteiger partial charge < -0.3 is 14.9 Å². The van der Waals surface area contributed by atoms with Gasteiger partial charge in [-0.3, -0.25) is 0 Å². The van der Waals surface area contributed by atoms with E-state index in [2.05, 4.69) is 4.98 Å². The van der Waals surface area contributed by atoms with Gasteiger partial charge in [0.2, 0.25) is 5.89 Å². The Morgan fingerprint density at radius 3 is 2.73 bits per heavy atom. The van der Waals surface area contributed by atoms with E-state index in [1.54, 1.807) is 0 Å². The molecule has 0 saturated carbocycles. The van der Waals surface area contributed by atoms with Crippen molar-refractivity contribution in [3.05, 3.63) is 53.9 Å². The first-order chi connectivity index (χ1) is 10.6. The molecule has 112 valence electrons. The molecule has 2 N–H and O–H groups in total. The summed E-state index contributed by atoms with van der Waals surface area (Å²) >= 11 is 0. The van der Waals surface area contributed by atoms with Crippen molar-refractivity contribution in [3.8, 4) is 5.75 Å². The molecule has 0 radical (unpaired) electrons. The lowest BCUT2D eigenvalue weighted by Crippen LogP contribution is -2.05. The first-order valence-corrected chi connectivity index (χ1v) is 7.21. The minimum atomic E-state index is 0.152. The first kappa shape index (κ1) is 14.2. The molecule has 0 bridgehead atoms. The van der Waals surface area contributed by atoms with E-state index in [1.165, 1.54) is 0 Å². The smallest absolute Gasteiger partial charge is 0.220 e. The fourth-order valence-electron chi connectivity index (χ4n) is 2.19. The van der Waals surface area contributed by atoms with Crippen LogP contribution < -0.4 is 10.5 Å². The summed E-state index contributed by atoms with van der Waals surface area (Å²) in [7, 11) is 0. The van der Waals surface area contributed by atoms with E-state index in [-0.39, 0.29) is 6.10 Å². The van der Waals surface area contributed by atoms with Gasteiger partial charge in [-0.2, -0.15) is 0 Å². The van der Waals surface area contributed by atoms with Crippen molar-refractivity contribution in [2.75, 3.05) is 5.73 Å². The molecule has 3 rings (SSSR count). The number of fused-ring (bicyclic) bond motifs is 1. The number of benzene rings is 2. The second-order valence-corrected chi connectivity index (χ2v) is 5.32. The van der Waals surface area contributed by atoms with Crippen molar-refractivity contribution >= 4 is 28.9 Å². The highest BCUT2D eigenvalue weighted by molar-refractivity contribution is 5.86. The van der Waals surface area contributed by atoms with Gasteiger partial charge in [-0.25, -0.2) is 4.98 Å². The molecule has 4 heteroatoms. The summed E-state index contributed by atoms with van der Waals surface area (Å²) in [4.78, 5) is 4.39. The van der Waals surface area contributed by atoms with Gasteiger partial charge >= 0.3 is 0 Å². The van der Waals surface area contributed by atoms with Gasteiger partial charge in [0.15, 0.2) is 5.58 Å². The van der Waals surface area contributed by atoms with Crippen molar-refractivity contribution in [2.24, 2.45) is 0 Å². The van der Waals surface area contributed by atoms with E-state index < -0.39 is 0 Å². The maximum Gasteiger partial charge on any atom is 0.220 e. The van der Waals surface area contributed by atoms with Gasteiger partial charge in [-0.1, -0.05) is 18.2 Å². The molecule has 0 amide bonds. The third-order valence-corrected chi connectivity index (χ3v) is 3.11. The lowest BCUT2D eigenvalue weighted by molar-refractivity contribution is 0.242. The van der Waals surface area contributed by atoms with Crippen LogP contribution in [-0.2, 0) is 0 Å².